The van der Waals surface area contributed by atoms with Gasteiger partial charge in [0.05, 0.1) is 6.10 Å². The Bertz CT molecular complexity index is 645. The lowest BCUT2D eigenvalue weighted by molar-refractivity contribution is -0.119. The number of hydrogen-bond donors (Lipinski definition) is 4. The largest absolute Gasteiger partial charge is 0.390 e. The quantitative estimate of drug-likeness (QED) is 0.649. The number of benzene rings is 1. The third kappa shape index (κ3) is 3.48. The molecule has 0 saturated carbocycles. The number of nitrogens with one attached hydrogen (secondary N) is 1. The summed E-state index contributed by atoms with van der Waals surface area (Å²) in [4.78, 5) is 14.9. The zero-order valence-corrected chi connectivity index (χ0v) is 11.8. The van der Waals surface area contributed by atoms with Crippen LogP contribution in [0.15, 0.2) is 30.5 Å². The monoisotopic (exact) mass is 289 g/mol. The fourth-order valence-electron chi connectivity index (χ4n) is 2.23. The first-order valence-electron chi connectivity index (χ1n) is 6.74. The normalized spacial score (nSPS) is 13.9. The van der Waals surface area contributed by atoms with E-state index in [0.717, 1.165) is 10.8 Å². The van der Waals surface area contributed by atoms with E-state index in [9.17, 15) is 15.0 Å². The molecule has 0 saturated heterocycles. The van der Waals surface area contributed by atoms with E-state index in [4.69, 9.17) is 5.73 Å². The molecule has 2 aromatic rings. The molecule has 0 radical (unpaired) electrons. The predicted molar refractivity (Wildman–Crippen MR) is 80.4 cm³/mol. The van der Waals surface area contributed by atoms with Crippen LogP contribution in [0.3, 0.4) is 0 Å². The maximum atomic E-state index is 10.8. The summed E-state index contributed by atoms with van der Waals surface area (Å²) in [6, 6.07) is 7.31. The van der Waals surface area contributed by atoms with Crippen molar-refractivity contribution in [1.29, 1.82) is 0 Å². The van der Waals surface area contributed by atoms with Gasteiger partial charge in [0.1, 0.15) is 11.9 Å². The minimum atomic E-state index is -1.09. The van der Waals surface area contributed by atoms with Gasteiger partial charge in [-0.25, -0.2) is 4.98 Å². The number of pyridine rings is 1. The number of hydrogen-bond acceptors (Lipinski definition) is 5. The van der Waals surface area contributed by atoms with Crippen LogP contribution in [0.5, 0.6) is 0 Å². The van der Waals surface area contributed by atoms with Gasteiger partial charge in [-0.15, -0.1) is 0 Å². The van der Waals surface area contributed by atoms with Crippen molar-refractivity contribution in [3.63, 3.8) is 0 Å². The van der Waals surface area contributed by atoms with Crippen molar-refractivity contribution < 1.29 is 15.0 Å². The number of aliphatic hydroxyl groups is 2. The molecule has 5 N–H and O–H groups in total. The number of anilines is 1. The van der Waals surface area contributed by atoms with Crippen LogP contribution >= 0.6 is 0 Å². The minimum absolute atomic E-state index is 0.170. The molecular weight excluding hydrogens is 270 g/mol. The van der Waals surface area contributed by atoms with Crippen molar-refractivity contribution >= 4 is 22.5 Å². The van der Waals surface area contributed by atoms with Gasteiger partial charge in [-0.05, 0) is 11.8 Å². The molecule has 1 amide bonds. The summed E-state index contributed by atoms with van der Waals surface area (Å²) in [5.74, 6) is 0.213. The molecule has 21 heavy (non-hydrogen) atoms. The summed E-state index contributed by atoms with van der Waals surface area (Å²) < 4.78 is 0. The maximum absolute atomic E-state index is 10.8. The zero-order valence-electron chi connectivity index (χ0n) is 11.8. The average Bonchev–Trinajstić information content (AvgIpc) is 2.47. The summed E-state index contributed by atoms with van der Waals surface area (Å²) in [5.41, 5.74) is 6.34. The molecule has 112 valence electrons. The molecule has 1 heterocycles. The van der Waals surface area contributed by atoms with E-state index in [2.05, 4.69) is 10.3 Å². The van der Waals surface area contributed by atoms with E-state index in [1.807, 2.05) is 24.3 Å². The van der Waals surface area contributed by atoms with Crippen LogP contribution in [-0.4, -0.2) is 33.8 Å². The highest BCUT2D eigenvalue weighted by Gasteiger charge is 2.21. The molecule has 6 heteroatoms. The summed E-state index contributed by atoms with van der Waals surface area (Å²) >= 11 is 0. The molecule has 0 aliphatic carbocycles. The third-order valence-corrected chi connectivity index (χ3v) is 3.35. The lowest BCUT2D eigenvalue weighted by Crippen LogP contribution is -2.27. The number of carbonyl (C=O) groups is 1. The highest BCUT2D eigenvalue weighted by atomic mass is 16.3. The van der Waals surface area contributed by atoms with Crippen molar-refractivity contribution in [3.8, 4) is 0 Å². The predicted octanol–water partition coefficient (Wildman–Crippen LogP) is 0.737. The molecule has 1 aromatic heterocycles. The molecule has 0 aliphatic rings. The van der Waals surface area contributed by atoms with Crippen molar-refractivity contribution in [2.45, 2.75) is 25.6 Å². The van der Waals surface area contributed by atoms with E-state index in [1.54, 1.807) is 0 Å². The van der Waals surface area contributed by atoms with E-state index < -0.39 is 12.2 Å². The highest BCUT2D eigenvalue weighted by Crippen LogP contribution is 2.29. The lowest BCUT2D eigenvalue weighted by atomic mass is 9.98. The van der Waals surface area contributed by atoms with Gasteiger partial charge in [0.15, 0.2) is 0 Å². The molecular formula is C15H19N3O3. The van der Waals surface area contributed by atoms with Gasteiger partial charge in [-0.1, -0.05) is 24.3 Å². The third-order valence-electron chi connectivity index (χ3n) is 3.35. The molecule has 0 bridgehead atoms. The number of carbonyl (C=O) groups excluding carboxylic acids is 1. The number of rotatable bonds is 5. The van der Waals surface area contributed by atoms with Crippen LogP contribution in [0.4, 0.5) is 5.82 Å². The second-order valence-electron chi connectivity index (χ2n) is 4.93. The molecule has 0 spiro atoms. The summed E-state index contributed by atoms with van der Waals surface area (Å²) in [6.45, 7) is 1.70. The highest BCUT2D eigenvalue weighted by molar-refractivity contribution is 5.93. The summed E-state index contributed by atoms with van der Waals surface area (Å²) in [5, 5.41) is 24.4. The van der Waals surface area contributed by atoms with Gasteiger partial charge in [0, 0.05) is 30.6 Å². The zero-order chi connectivity index (χ0) is 15.4. The van der Waals surface area contributed by atoms with E-state index in [1.165, 1.54) is 13.1 Å². The van der Waals surface area contributed by atoms with Gasteiger partial charge >= 0.3 is 0 Å². The SMILES string of the molecule is CC(=O)NCCC(O)C(O)c1cnc(N)c2ccccc12. The molecule has 2 unspecified atom stereocenters. The minimum Gasteiger partial charge on any atom is -0.390 e. The molecule has 2 atom stereocenters. The Hall–Kier alpha value is -2.18. The Kier molecular flexibility index (Phi) is 4.72. The van der Waals surface area contributed by atoms with Crippen LogP contribution in [0.2, 0.25) is 0 Å². The van der Waals surface area contributed by atoms with Gasteiger partial charge in [-0.2, -0.15) is 0 Å². The van der Waals surface area contributed by atoms with Crippen molar-refractivity contribution in [2.24, 2.45) is 0 Å². The maximum Gasteiger partial charge on any atom is 0.216 e. The first-order valence-corrected chi connectivity index (χ1v) is 6.74. The number of fused-ring (bicyclic) bond motifs is 1. The van der Waals surface area contributed by atoms with E-state index >= 15 is 0 Å². The molecule has 2 rings (SSSR count). The van der Waals surface area contributed by atoms with Crippen molar-refractivity contribution in [1.82, 2.24) is 10.3 Å². The van der Waals surface area contributed by atoms with Crippen LogP contribution < -0.4 is 11.1 Å². The number of aliphatic hydroxyl groups excluding tert-OH is 2. The van der Waals surface area contributed by atoms with Gasteiger partial charge < -0.3 is 21.3 Å². The molecule has 1 aromatic carbocycles. The second-order valence-corrected chi connectivity index (χ2v) is 4.93. The Morgan fingerprint density at radius 1 is 1.33 bits per heavy atom. The number of amides is 1. The Morgan fingerprint density at radius 3 is 2.67 bits per heavy atom. The van der Waals surface area contributed by atoms with Crippen molar-refractivity contribution in [3.05, 3.63) is 36.0 Å². The van der Waals surface area contributed by atoms with Crippen LogP contribution in [0.1, 0.15) is 25.0 Å². The summed E-state index contributed by atoms with van der Waals surface area (Å²) in [6.07, 6.45) is -0.355. The number of nitrogens with two attached hydrogens (primary N) is 1. The number of aromatic nitrogens is 1. The summed E-state index contributed by atoms with van der Waals surface area (Å²) in [7, 11) is 0. The molecule has 6 nitrogen and oxygen atoms in total. The van der Waals surface area contributed by atoms with E-state index in [-0.39, 0.29) is 12.3 Å². The molecule has 0 aliphatic heterocycles. The van der Waals surface area contributed by atoms with Gasteiger partial charge in [0.25, 0.3) is 0 Å². The Labute approximate surface area is 122 Å². The Balaban J connectivity index is 2.21. The smallest absolute Gasteiger partial charge is 0.216 e. The molecule has 0 fully saturated rings. The van der Waals surface area contributed by atoms with Crippen LogP contribution in [0.25, 0.3) is 10.8 Å². The number of nitrogens with zero attached hydrogens (tertiary/aromatic N) is 1. The number of nitrogen functional groups attached to an aromatic ring is 1. The standard InChI is InChI=1S/C15H19N3O3/c1-9(19)17-7-6-13(20)14(21)12-8-18-15(16)11-5-3-2-4-10(11)12/h2-5,8,13-14,20-21H,6-7H2,1H3,(H2,16,18)(H,17,19). The van der Waals surface area contributed by atoms with Gasteiger partial charge in [0.2, 0.25) is 5.91 Å². The van der Waals surface area contributed by atoms with E-state index in [0.29, 0.717) is 17.9 Å². The van der Waals surface area contributed by atoms with Crippen LogP contribution in [-0.2, 0) is 4.79 Å². The van der Waals surface area contributed by atoms with Gasteiger partial charge in [-0.3, -0.25) is 4.79 Å². The fourth-order valence-corrected chi connectivity index (χ4v) is 2.23. The van der Waals surface area contributed by atoms with Crippen molar-refractivity contribution in [2.75, 3.05) is 12.3 Å². The Morgan fingerprint density at radius 2 is 2.00 bits per heavy atom. The lowest BCUT2D eigenvalue weighted by Gasteiger charge is -2.20. The fraction of sp³-hybridized carbons (Fsp3) is 0.333. The first-order chi connectivity index (χ1) is 10.0. The second kappa shape index (κ2) is 6.51. The average molecular weight is 289 g/mol. The first kappa shape index (κ1) is 15.2. The topological polar surface area (TPSA) is 108 Å². The van der Waals surface area contributed by atoms with Crippen LogP contribution in [0, 0.1) is 0 Å².